The third kappa shape index (κ3) is 2.76. The summed E-state index contributed by atoms with van der Waals surface area (Å²) in [5, 5.41) is 8.25. The standard InChI is InChI=1S/C9H12N2O2/c10-8-4-2-1-3-7(8)5-6-9(12)11-13/h1-4,13H,5-6,10H2,(H,11,12). The zero-order valence-corrected chi connectivity index (χ0v) is 7.16. The van der Waals surface area contributed by atoms with E-state index in [9.17, 15) is 4.79 Å². The predicted molar refractivity (Wildman–Crippen MR) is 49.1 cm³/mol. The van der Waals surface area contributed by atoms with Crippen LogP contribution in [0.25, 0.3) is 0 Å². The number of benzene rings is 1. The van der Waals surface area contributed by atoms with Gasteiger partial charge in [-0.15, -0.1) is 0 Å². The second-order valence-electron chi connectivity index (χ2n) is 2.73. The molecule has 0 fully saturated rings. The summed E-state index contributed by atoms with van der Waals surface area (Å²) in [5.74, 6) is -0.400. The van der Waals surface area contributed by atoms with Crippen LogP contribution in [-0.2, 0) is 11.2 Å². The van der Waals surface area contributed by atoms with Crippen molar-refractivity contribution >= 4 is 11.6 Å². The molecular formula is C9H12N2O2. The topological polar surface area (TPSA) is 75.4 Å². The van der Waals surface area contributed by atoms with Crippen LogP contribution in [0.5, 0.6) is 0 Å². The summed E-state index contributed by atoms with van der Waals surface area (Å²) < 4.78 is 0. The second-order valence-corrected chi connectivity index (χ2v) is 2.73. The van der Waals surface area contributed by atoms with Crippen LogP contribution >= 0.6 is 0 Å². The molecule has 0 atom stereocenters. The van der Waals surface area contributed by atoms with E-state index in [4.69, 9.17) is 10.9 Å². The van der Waals surface area contributed by atoms with Crippen molar-refractivity contribution in [1.82, 2.24) is 5.48 Å². The SMILES string of the molecule is Nc1ccccc1CCC(=O)NO. The Morgan fingerprint density at radius 1 is 1.46 bits per heavy atom. The molecule has 0 aromatic heterocycles. The van der Waals surface area contributed by atoms with E-state index >= 15 is 0 Å². The molecule has 0 saturated carbocycles. The van der Waals surface area contributed by atoms with Crippen molar-refractivity contribution < 1.29 is 10.0 Å². The number of carbonyl (C=O) groups excluding carboxylic acids is 1. The van der Waals surface area contributed by atoms with Gasteiger partial charge in [0.25, 0.3) is 0 Å². The van der Waals surface area contributed by atoms with Gasteiger partial charge in [-0.3, -0.25) is 10.0 Å². The molecule has 0 bridgehead atoms. The van der Waals surface area contributed by atoms with Gasteiger partial charge in [0.2, 0.25) is 5.91 Å². The molecule has 1 amide bonds. The predicted octanol–water partition coefficient (Wildman–Crippen LogP) is 0.707. The van der Waals surface area contributed by atoms with Gasteiger partial charge in [0, 0.05) is 12.1 Å². The summed E-state index contributed by atoms with van der Waals surface area (Å²) in [7, 11) is 0. The average molecular weight is 180 g/mol. The molecule has 0 radical (unpaired) electrons. The van der Waals surface area contributed by atoms with Crippen molar-refractivity contribution in [1.29, 1.82) is 0 Å². The second kappa shape index (κ2) is 4.47. The van der Waals surface area contributed by atoms with Crippen molar-refractivity contribution in [2.75, 3.05) is 5.73 Å². The zero-order chi connectivity index (χ0) is 9.68. The van der Waals surface area contributed by atoms with Gasteiger partial charge in [0.15, 0.2) is 0 Å². The normalized spacial score (nSPS) is 9.62. The fourth-order valence-electron chi connectivity index (χ4n) is 1.07. The van der Waals surface area contributed by atoms with Gasteiger partial charge in [-0.1, -0.05) is 18.2 Å². The van der Waals surface area contributed by atoms with Crippen LogP contribution in [-0.4, -0.2) is 11.1 Å². The highest BCUT2D eigenvalue weighted by Crippen LogP contribution is 2.12. The smallest absolute Gasteiger partial charge is 0.243 e. The summed E-state index contributed by atoms with van der Waals surface area (Å²) in [5.41, 5.74) is 8.83. The Morgan fingerprint density at radius 2 is 2.15 bits per heavy atom. The molecule has 1 aromatic rings. The molecule has 0 aliphatic heterocycles. The number of carbonyl (C=O) groups is 1. The lowest BCUT2D eigenvalue weighted by Crippen LogP contribution is -2.18. The summed E-state index contributed by atoms with van der Waals surface area (Å²) in [4.78, 5) is 10.7. The lowest BCUT2D eigenvalue weighted by Gasteiger charge is -2.03. The molecule has 0 aliphatic rings. The van der Waals surface area contributed by atoms with Gasteiger partial charge in [0.05, 0.1) is 0 Å². The minimum Gasteiger partial charge on any atom is -0.399 e. The monoisotopic (exact) mass is 180 g/mol. The zero-order valence-electron chi connectivity index (χ0n) is 7.16. The van der Waals surface area contributed by atoms with Crippen LogP contribution in [0.3, 0.4) is 0 Å². The molecule has 0 spiro atoms. The first-order chi connectivity index (χ1) is 6.24. The van der Waals surface area contributed by atoms with Crippen LogP contribution in [0.15, 0.2) is 24.3 Å². The lowest BCUT2D eigenvalue weighted by atomic mass is 10.1. The van der Waals surface area contributed by atoms with Gasteiger partial charge in [-0.25, -0.2) is 5.48 Å². The van der Waals surface area contributed by atoms with Crippen molar-refractivity contribution in [3.8, 4) is 0 Å². The molecular weight excluding hydrogens is 168 g/mol. The molecule has 4 N–H and O–H groups in total. The molecule has 0 unspecified atom stereocenters. The van der Waals surface area contributed by atoms with Gasteiger partial charge in [-0.05, 0) is 18.1 Å². The maximum atomic E-state index is 10.7. The molecule has 4 nitrogen and oxygen atoms in total. The molecule has 0 heterocycles. The molecule has 13 heavy (non-hydrogen) atoms. The van der Waals surface area contributed by atoms with Crippen LogP contribution in [0.2, 0.25) is 0 Å². The number of nitrogen functional groups attached to an aromatic ring is 1. The van der Waals surface area contributed by atoms with Crippen LogP contribution < -0.4 is 11.2 Å². The maximum absolute atomic E-state index is 10.7. The summed E-state index contributed by atoms with van der Waals surface area (Å²) in [6, 6.07) is 7.35. The van der Waals surface area contributed by atoms with E-state index in [1.54, 1.807) is 11.5 Å². The lowest BCUT2D eigenvalue weighted by molar-refractivity contribution is -0.129. The number of hydrogen-bond acceptors (Lipinski definition) is 3. The first-order valence-electron chi connectivity index (χ1n) is 4.00. The number of aryl methyl sites for hydroxylation is 1. The highest BCUT2D eigenvalue weighted by molar-refractivity contribution is 5.75. The fourth-order valence-corrected chi connectivity index (χ4v) is 1.07. The van der Waals surface area contributed by atoms with Crippen molar-refractivity contribution in [3.63, 3.8) is 0 Å². The van der Waals surface area contributed by atoms with Crippen LogP contribution in [0, 0.1) is 0 Å². The Bertz CT molecular complexity index is 299. The molecule has 0 aliphatic carbocycles. The summed E-state index contributed by atoms with van der Waals surface area (Å²) in [6.07, 6.45) is 0.782. The third-order valence-corrected chi connectivity index (χ3v) is 1.80. The van der Waals surface area contributed by atoms with E-state index in [1.165, 1.54) is 0 Å². The number of rotatable bonds is 3. The molecule has 0 saturated heterocycles. The van der Waals surface area contributed by atoms with Gasteiger partial charge in [-0.2, -0.15) is 0 Å². The Morgan fingerprint density at radius 3 is 2.77 bits per heavy atom. The van der Waals surface area contributed by atoms with Crippen molar-refractivity contribution in [2.45, 2.75) is 12.8 Å². The fraction of sp³-hybridized carbons (Fsp3) is 0.222. The van der Waals surface area contributed by atoms with Crippen LogP contribution in [0.1, 0.15) is 12.0 Å². The first kappa shape index (κ1) is 9.54. The van der Waals surface area contributed by atoms with E-state index in [0.29, 0.717) is 12.1 Å². The van der Waals surface area contributed by atoms with E-state index in [0.717, 1.165) is 5.56 Å². The van der Waals surface area contributed by atoms with Crippen LogP contribution in [0.4, 0.5) is 5.69 Å². The maximum Gasteiger partial charge on any atom is 0.243 e. The Hall–Kier alpha value is -1.55. The van der Waals surface area contributed by atoms with E-state index in [-0.39, 0.29) is 6.42 Å². The summed E-state index contributed by atoms with van der Waals surface area (Å²) in [6.45, 7) is 0. The number of hydroxylamine groups is 1. The van der Waals surface area contributed by atoms with Gasteiger partial charge < -0.3 is 5.73 Å². The van der Waals surface area contributed by atoms with E-state index in [2.05, 4.69) is 0 Å². The summed E-state index contributed by atoms with van der Waals surface area (Å²) >= 11 is 0. The quantitative estimate of drug-likeness (QED) is 0.364. The number of amides is 1. The molecule has 1 aromatic carbocycles. The number of nitrogens with one attached hydrogen (secondary N) is 1. The Balaban J connectivity index is 2.54. The number of anilines is 1. The highest BCUT2D eigenvalue weighted by atomic mass is 16.5. The van der Waals surface area contributed by atoms with E-state index < -0.39 is 5.91 Å². The minimum atomic E-state index is -0.400. The van der Waals surface area contributed by atoms with Gasteiger partial charge in [0.1, 0.15) is 0 Å². The van der Waals surface area contributed by atoms with Crippen molar-refractivity contribution in [2.24, 2.45) is 0 Å². The Kier molecular flexibility index (Phi) is 3.28. The average Bonchev–Trinajstić information content (AvgIpc) is 2.16. The van der Waals surface area contributed by atoms with Crippen molar-refractivity contribution in [3.05, 3.63) is 29.8 Å². The molecule has 4 heteroatoms. The number of hydrogen-bond donors (Lipinski definition) is 3. The van der Waals surface area contributed by atoms with E-state index in [1.807, 2.05) is 18.2 Å². The highest BCUT2D eigenvalue weighted by Gasteiger charge is 2.02. The molecule has 70 valence electrons. The first-order valence-corrected chi connectivity index (χ1v) is 4.00. The molecule has 1 rings (SSSR count). The number of nitrogens with two attached hydrogens (primary N) is 1. The largest absolute Gasteiger partial charge is 0.399 e. The Labute approximate surface area is 76.3 Å². The van der Waals surface area contributed by atoms with Gasteiger partial charge >= 0.3 is 0 Å². The number of para-hydroxylation sites is 1. The third-order valence-electron chi connectivity index (χ3n) is 1.80. The minimum absolute atomic E-state index is 0.241.